The maximum absolute atomic E-state index is 11.0. The van der Waals surface area contributed by atoms with Crippen molar-refractivity contribution in [3.05, 3.63) is 33.9 Å². The van der Waals surface area contributed by atoms with E-state index >= 15 is 0 Å². The molecule has 0 aliphatic heterocycles. The number of nitro benzene ring substituents is 1. The van der Waals surface area contributed by atoms with E-state index in [4.69, 9.17) is 9.47 Å². The lowest BCUT2D eigenvalue weighted by atomic mass is 10.2. The van der Waals surface area contributed by atoms with Crippen LogP contribution >= 0.6 is 0 Å². The molecule has 0 amide bonds. The zero-order valence-corrected chi connectivity index (χ0v) is 11.3. The summed E-state index contributed by atoms with van der Waals surface area (Å²) in [7, 11) is 0. The van der Waals surface area contributed by atoms with Crippen LogP contribution in [0, 0.1) is 16.0 Å². The zero-order valence-electron chi connectivity index (χ0n) is 11.3. The zero-order chi connectivity index (χ0) is 13.8. The summed E-state index contributed by atoms with van der Waals surface area (Å²) in [6.07, 6.45) is 2.12. The van der Waals surface area contributed by atoms with E-state index in [1.807, 2.05) is 6.07 Å². The van der Waals surface area contributed by atoms with Crippen LogP contribution < -0.4 is 4.74 Å². The molecule has 5 heteroatoms. The van der Waals surface area contributed by atoms with Crippen molar-refractivity contribution in [1.29, 1.82) is 0 Å². The van der Waals surface area contributed by atoms with Crippen LogP contribution in [0.25, 0.3) is 0 Å². The first-order valence-corrected chi connectivity index (χ1v) is 6.58. The van der Waals surface area contributed by atoms with Crippen LogP contribution in [0.15, 0.2) is 18.2 Å². The third-order valence-electron chi connectivity index (χ3n) is 2.76. The molecule has 0 unspecified atom stereocenters. The third-order valence-corrected chi connectivity index (χ3v) is 2.76. The second kappa shape index (κ2) is 6.02. The van der Waals surface area contributed by atoms with Gasteiger partial charge < -0.3 is 9.47 Å². The second-order valence-corrected chi connectivity index (χ2v) is 5.29. The van der Waals surface area contributed by atoms with E-state index in [2.05, 4.69) is 13.8 Å². The van der Waals surface area contributed by atoms with Gasteiger partial charge in [-0.25, -0.2) is 0 Å². The second-order valence-electron chi connectivity index (χ2n) is 5.29. The van der Waals surface area contributed by atoms with E-state index in [1.54, 1.807) is 6.07 Å². The lowest BCUT2D eigenvalue weighted by Crippen LogP contribution is -2.04. The Kier molecular flexibility index (Phi) is 4.37. The van der Waals surface area contributed by atoms with Crippen molar-refractivity contribution in [3.8, 4) is 5.75 Å². The van der Waals surface area contributed by atoms with Crippen LogP contribution in [0.1, 0.15) is 32.3 Å². The number of hydrogen-bond acceptors (Lipinski definition) is 4. The average molecular weight is 265 g/mol. The maximum Gasteiger partial charge on any atom is 0.311 e. The van der Waals surface area contributed by atoms with Gasteiger partial charge in [-0.1, -0.05) is 19.9 Å². The molecule has 2 rings (SSSR count). The van der Waals surface area contributed by atoms with Crippen molar-refractivity contribution < 1.29 is 14.4 Å². The van der Waals surface area contributed by atoms with Gasteiger partial charge in [-0.2, -0.15) is 0 Å². The average Bonchev–Trinajstić information content (AvgIpc) is 3.14. The Hall–Kier alpha value is -1.62. The first-order chi connectivity index (χ1) is 9.06. The molecule has 0 aromatic heterocycles. The molecule has 0 bridgehead atoms. The number of ether oxygens (including phenoxy) is 2. The number of hydrogen-bond donors (Lipinski definition) is 0. The summed E-state index contributed by atoms with van der Waals surface area (Å²) in [4.78, 5) is 10.6. The number of rotatable bonds is 7. The topological polar surface area (TPSA) is 61.6 Å². The number of nitrogens with zero attached hydrogens (tertiary/aromatic N) is 1. The minimum absolute atomic E-state index is 0.0255. The Bertz CT molecular complexity index is 455. The highest BCUT2D eigenvalue weighted by atomic mass is 16.6. The Morgan fingerprint density at radius 1 is 1.42 bits per heavy atom. The van der Waals surface area contributed by atoms with Crippen molar-refractivity contribution in [2.75, 3.05) is 6.61 Å². The molecule has 0 N–H and O–H groups in total. The van der Waals surface area contributed by atoms with Crippen molar-refractivity contribution in [2.24, 2.45) is 5.92 Å². The quantitative estimate of drug-likeness (QED) is 0.560. The molecular weight excluding hydrogens is 246 g/mol. The van der Waals surface area contributed by atoms with Gasteiger partial charge in [0.15, 0.2) is 5.75 Å². The van der Waals surface area contributed by atoms with E-state index < -0.39 is 4.92 Å². The summed E-state index contributed by atoms with van der Waals surface area (Å²) >= 11 is 0. The molecule has 0 atom stereocenters. The molecule has 5 nitrogen and oxygen atoms in total. The predicted octanol–water partition coefficient (Wildman–Crippen LogP) is 3.31. The predicted molar refractivity (Wildman–Crippen MR) is 71.2 cm³/mol. The fourth-order valence-corrected chi connectivity index (χ4v) is 1.67. The van der Waals surface area contributed by atoms with Crippen molar-refractivity contribution in [2.45, 2.75) is 39.4 Å². The van der Waals surface area contributed by atoms with Gasteiger partial charge >= 0.3 is 5.69 Å². The largest absolute Gasteiger partial charge is 0.483 e. The standard InChI is InChI=1S/C14H19NO4/c1-10(2)8-18-9-11-3-6-14(19-12-4-5-12)13(7-11)15(16)17/h3,6-7,10,12H,4-5,8-9H2,1-2H3. The van der Waals surface area contributed by atoms with Gasteiger partial charge in [0.2, 0.25) is 0 Å². The van der Waals surface area contributed by atoms with Crippen LogP contribution in [0.3, 0.4) is 0 Å². The molecule has 1 aromatic carbocycles. The minimum Gasteiger partial charge on any atom is -0.483 e. The van der Waals surface area contributed by atoms with Gasteiger partial charge in [-0.15, -0.1) is 0 Å². The number of benzene rings is 1. The first kappa shape index (κ1) is 13.8. The summed E-state index contributed by atoms with van der Waals surface area (Å²) < 4.78 is 11.0. The summed E-state index contributed by atoms with van der Waals surface area (Å²) in [5.41, 5.74) is 0.827. The molecule has 0 saturated heterocycles. The van der Waals surface area contributed by atoms with Crippen LogP contribution in [0.2, 0.25) is 0 Å². The Morgan fingerprint density at radius 2 is 2.16 bits per heavy atom. The first-order valence-electron chi connectivity index (χ1n) is 6.58. The van der Waals surface area contributed by atoms with Gasteiger partial charge in [-0.3, -0.25) is 10.1 Å². The molecule has 1 fully saturated rings. The maximum atomic E-state index is 11.0. The Balaban J connectivity index is 2.04. The van der Waals surface area contributed by atoms with E-state index in [1.165, 1.54) is 6.07 Å². The molecular formula is C14H19NO4. The van der Waals surface area contributed by atoms with Crippen molar-refractivity contribution in [1.82, 2.24) is 0 Å². The summed E-state index contributed by atoms with van der Waals surface area (Å²) in [5, 5.41) is 11.0. The molecule has 0 heterocycles. The highest BCUT2D eigenvalue weighted by Crippen LogP contribution is 2.34. The monoisotopic (exact) mass is 265 g/mol. The van der Waals surface area contributed by atoms with E-state index in [-0.39, 0.29) is 11.8 Å². The van der Waals surface area contributed by atoms with Gasteiger partial charge in [0.05, 0.1) is 17.6 Å². The smallest absolute Gasteiger partial charge is 0.311 e. The molecule has 104 valence electrons. The molecule has 1 aliphatic carbocycles. The minimum atomic E-state index is -0.399. The fourth-order valence-electron chi connectivity index (χ4n) is 1.67. The molecule has 0 spiro atoms. The van der Waals surface area contributed by atoms with Crippen LogP contribution in [0.4, 0.5) is 5.69 Å². The SMILES string of the molecule is CC(C)COCc1ccc(OC2CC2)c([N+](=O)[O-])c1. The van der Waals surface area contributed by atoms with E-state index in [9.17, 15) is 10.1 Å². The molecule has 19 heavy (non-hydrogen) atoms. The summed E-state index contributed by atoms with van der Waals surface area (Å²) in [6, 6.07) is 5.04. The van der Waals surface area contributed by atoms with Crippen LogP contribution in [-0.2, 0) is 11.3 Å². The molecule has 1 saturated carbocycles. The molecule has 0 radical (unpaired) electrons. The number of nitro groups is 1. The van der Waals surface area contributed by atoms with Gasteiger partial charge in [0.1, 0.15) is 0 Å². The highest BCUT2D eigenvalue weighted by molar-refractivity contribution is 5.48. The Morgan fingerprint density at radius 3 is 2.74 bits per heavy atom. The van der Waals surface area contributed by atoms with Gasteiger partial charge in [-0.05, 0) is 30.4 Å². The van der Waals surface area contributed by atoms with Crippen LogP contribution in [-0.4, -0.2) is 17.6 Å². The van der Waals surface area contributed by atoms with Crippen molar-refractivity contribution >= 4 is 5.69 Å². The van der Waals surface area contributed by atoms with Crippen molar-refractivity contribution in [3.63, 3.8) is 0 Å². The van der Waals surface area contributed by atoms with E-state index in [0.29, 0.717) is 24.9 Å². The summed E-state index contributed by atoms with van der Waals surface area (Å²) in [6.45, 7) is 5.17. The third kappa shape index (κ3) is 4.21. The van der Waals surface area contributed by atoms with Gasteiger partial charge in [0.25, 0.3) is 0 Å². The summed E-state index contributed by atoms with van der Waals surface area (Å²) in [5.74, 6) is 0.813. The highest BCUT2D eigenvalue weighted by Gasteiger charge is 2.27. The fraction of sp³-hybridized carbons (Fsp3) is 0.571. The van der Waals surface area contributed by atoms with Gasteiger partial charge in [0, 0.05) is 12.7 Å². The normalized spacial score (nSPS) is 14.7. The van der Waals surface area contributed by atoms with E-state index in [0.717, 1.165) is 18.4 Å². The Labute approximate surface area is 112 Å². The lowest BCUT2D eigenvalue weighted by Gasteiger charge is -2.09. The lowest BCUT2D eigenvalue weighted by molar-refractivity contribution is -0.386. The van der Waals surface area contributed by atoms with Crippen LogP contribution in [0.5, 0.6) is 5.75 Å². The molecule has 1 aromatic rings. The molecule has 1 aliphatic rings.